The van der Waals surface area contributed by atoms with Gasteiger partial charge in [-0.1, -0.05) is 0 Å². The maximum absolute atomic E-state index is 5.66. The van der Waals surface area contributed by atoms with Gasteiger partial charge in [0.25, 0.3) is 0 Å². The molecule has 0 aromatic carbocycles. The highest BCUT2D eigenvalue weighted by Crippen LogP contribution is 2.21. The largest absolute Gasteiger partial charge is 0.357 e. The summed E-state index contributed by atoms with van der Waals surface area (Å²) in [7, 11) is 0. The van der Waals surface area contributed by atoms with Crippen LogP contribution in [-0.2, 0) is 10.6 Å². The molecule has 4 heteroatoms. The second-order valence-electron chi connectivity index (χ2n) is 3.24. The highest BCUT2D eigenvalue weighted by atomic mass is 35.5. The predicted octanol–water partition coefficient (Wildman–Crippen LogP) is 2.32. The van der Waals surface area contributed by atoms with Crippen LogP contribution in [-0.4, -0.2) is 16.4 Å². The lowest BCUT2D eigenvalue weighted by Crippen LogP contribution is -2.18. The van der Waals surface area contributed by atoms with Crippen LogP contribution in [0.25, 0.3) is 0 Å². The summed E-state index contributed by atoms with van der Waals surface area (Å²) in [4.78, 5) is 0. The lowest BCUT2D eigenvalue weighted by Gasteiger charge is -2.22. The molecule has 13 heavy (non-hydrogen) atoms. The Bertz CT molecular complexity index is 268. The van der Waals surface area contributed by atoms with Crippen LogP contribution < -0.4 is 0 Å². The maximum Gasteiger partial charge on any atom is 0.150 e. The Labute approximate surface area is 82.6 Å². The Morgan fingerprint density at radius 1 is 1.62 bits per heavy atom. The number of halogens is 1. The van der Waals surface area contributed by atoms with Gasteiger partial charge in [0.05, 0.1) is 11.6 Å². The van der Waals surface area contributed by atoms with E-state index in [1.165, 1.54) is 12.8 Å². The Balaban J connectivity index is 2.05. The minimum absolute atomic E-state index is 0.130. The smallest absolute Gasteiger partial charge is 0.150 e. The zero-order valence-corrected chi connectivity index (χ0v) is 8.20. The van der Waals surface area contributed by atoms with E-state index in [2.05, 4.69) is 5.10 Å². The van der Waals surface area contributed by atoms with Crippen molar-refractivity contribution < 1.29 is 4.74 Å². The van der Waals surface area contributed by atoms with Crippen molar-refractivity contribution in [2.24, 2.45) is 0 Å². The van der Waals surface area contributed by atoms with Crippen molar-refractivity contribution in [1.82, 2.24) is 9.78 Å². The monoisotopic (exact) mass is 200 g/mol. The number of nitrogens with zero attached hydrogens (tertiary/aromatic N) is 2. The van der Waals surface area contributed by atoms with Gasteiger partial charge in [0, 0.05) is 12.8 Å². The molecule has 1 aliphatic heterocycles. The molecule has 0 bridgehead atoms. The molecule has 1 atom stereocenters. The zero-order valence-electron chi connectivity index (χ0n) is 7.45. The summed E-state index contributed by atoms with van der Waals surface area (Å²) in [6.45, 7) is 0.848. The van der Waals surface area contributed by atoms with Crippen LogP contribution in [0.5, 0.6) is 0 Å². The molecule has 2 rings (SSSR count). The van der Waals surface area contributed by atoms with Crippen molar-refractivity contribution in [3.8, 4) is 0 Å². The third-order valence-electron chi connectivity index (χ3n) is 2.25. The second kappa shape index (κ2) is 4.11. The molecule has 0 radical (unpaired) electrons. The van der Waals surface area contributed by atoms with Gasteiger partial charge in [0.1, 0.15) is 6.23 Å². The molecule has 3 nitrogen and oxygen atoms in total. The van der Waals surface area contributed by atoms with Crippen molar-refractivity contribution in [3.63, 3.8) is 0 Å². The van der Waals surface area contributed by atoms with Gasteiger partial charge in [-0.15, -0.1) is 11.6 Å². The Morgan fingerprint density at radius 2 is 2.54 bits per heavy atom. The van der Waals surface area contributed by atoms with E-state index in [1.54, 1.807) is 0 Å². The summed E-state index contributed by atoms with van der Waals surface area (Å²) in [5, 5.41) is 4.31. The molecule has 1 saturated heterocycles. The van der Waals surface area contributed by atoms with Crippen LogP contribution in [0.4, 0.5) is 0 Å². The van der Waals surface area contributed by atoms with Gasteiger partial charge < -0.3 is 4.74 Å². The molecule has 0 aliphatic carbocycles. The first-order valence-corrected chi connectivity index (χ1v) is 5.15. The van der Waals surface area contributed by atoms with Crippen molar-refractivity contribution >= 4 is 11.6 Å². The fraction of sp³-hybridized carbons (Fsp3) is 0.667. The van der Waals surface area contributed by atoms with Gasteiger partial charge >= 0.3 is 0 Å². The van der Waals surface area contributed by atoms with Gasteiger partial charge in [-0.25, -0.2) is 4.68 Å². The van der Waals surface area contributed by atoms with Gasteiger partial charge in [-0.05, 0) is 25.3 Å². The Kier molecular flexibility index (Phi) is 2.86. The third kappa shape index (κ3) is 2.03. The van der Waals surface area contributed by atoms with E-state index in [-0.39, 0.29) is 6.23 Å². The topological polar surface area (TPSA) is 27.1 Å². The third-order valence-corrected chi connectivity index (χ3v) is 2.53. The van der Waals surface area contributed by atoms with Crippen LogP contribution in [0.15, 0.2) is 12.3 Å². The van der Waals surface area contributed by atoms with Gasteiger partial charge in [-0.2, -0.15) is 5.10 Å². The average Bonchev–Trinajstić information content (AvgIpc) is 2.67. The molecule has 1 aliphatic rings. The Hall–Kier alpha value is -0.540. The summed E-state index contributed by atoms with van der Waals surface area (Å²) in [5.74, 6) is 0.472. The highest BCUT2D eigenvalue weighted by molar-refractivity contribution is 6.16. The van der Waals surface area contributed by atoms with Gasteiger partial charge in [0.15, 0.2) is 0 Å². The molecule has 1 unspecified atom stereocenters. The fourth-order valence-electron chi connectivity index (χ4n) is 1.54. The molecule has 1 fully saturated rings. The van der Waals surface area contributed by atoms with Crippen LogP contribution in [0.3, 0.4) is 0 Å². The van der Waals surface area contributed by atoms with Crippen LogP contribution in [0, 0.1) is 0 Å². The number of hydrogen-bond donors (Lipinski definition) is 0. The first kappa shape index (κ1) is 9.03. The van der Waals surface area contributed by atoms with E-state index in [4.69, 9.17) is 16.3 Å². The Morgan fingerprint density at radius 3 is 3.15 bits per heavy atom. The molecule has 0 N–H and O–H groups in total. The summed E-state index contributed by atoms with van der Waals surface area (Å²) in [5.41, 5.74) is 0.913. The van der Waals surface area contributed by atoms with Crippen molar-refractivity contribution in [2.45, 2.75) is 31.4 Å². The first-order chi connectivity index (χ1) is 6.40. The SMILES string of the molecule is ClCc1ccn(C2CCCCO2)n1. The van der Waals surface area contributed by atoms with E-state index in [0.717, 1.165) is 18.7 Å². The molecule has 1 aromatic rings. The maximum atomic E-state index is 5.66. The minimum atomic E-state index is 0.130. The van der Waals surface area contributed by atoms with Crippen LogP contribution in [0.2, 0.25) is 0 Å². The van der Waals surface area contributed by atoms with Crippen molar-refractivity contribution in [2.75, 3.05) is 6.61 Å². The van der Waals surface area contributed by atoms with Crippen LogP contribution >= 0.6 is 11.6 Å². The first-order valence-electron chi connectivity index (χ1n) is 4.62. The van der Waals surface area contributed by atoms with Gasteiger partial charge in [-0.3, -0.25) is 0 Å². The summed E-state index contributed by atoms with van der Waals surface area (Å²) < 4.78 is 7.45. The molecule has 72 valence electrons. The second-order valence-corrected chi connectivity index (χ2v) is 3.51. The van der Waals surface area contributed by atoms with E-state index < -0.39 is 0 Å². The molecule has 0 amide bonds. The quantitative estimate of drug-likeness (QED) is 0.686. The summed E-state index contributed by atoms with van der Waals surface area (Å²) in [6, 6.07) is 1.94. The molecule has 0 spiro atoms. The normalized spacial score (nSPS) is 23.3. The lowest BCUT2D eigenvalue weighted by atomic mass is 10.2. The summed E-state index contributed by atoms with van der Waals surface area (Å²) in [6.07, 6.45) is 5.52. The van der Waals surface area contributed by atoms with E-state index in [9.17, 15) is 0 Å². The number of hydrogen-bond acceptors (Lipinski definition) is 2. The minimum Gasteiger partial charge on any atom is -0.357 e. The van der Waals surface area contributed by atoms with Crippen LogP contribution in [0.1, 0.15) is 31.2 Å². The number of ether oxygens (including phenoxy) is 1. The van der Waals surface area contributed by atoms with Gasteiger partial charge in [0.2, 0.25) is 0 Å². The van der Waals surface area contributed by atoms with E-state index in [1.807, 2.05) is 16.9 Å². The molecule has 1 aromatic heterocycles. The average molecular weight is 201 g/mol. The lowest BCUT2D eigenvalue weighted by molar-refractivity contribution is -0.0396. The highest BCUT2D eigenvalue weighted by Gasteiger charge is 2.15. The number of rotatable bonds is 2. The van der Waals surface area contributed by atoms with Crippen molar-refractivity contribution in [3.05, 3.63) is 18.0 Å². The van der Waals surface area contributed by atoms with E-state index >= 15 is 0 Å². The number of alkyl halides is 1. The van der Waals surface area contributed by atoms with Crippen molar-refractivity contribution in [1.29, 1.82) is 0 Å². The number of aromatic nitrogens is 2. The molecular weight excluding hydrogens is 188 g/mol. The predicted molar refractivity (Wildman–Crippen MR) is 50.6 cm³/mol. The molecular formula is C9H13ClN2O. The molecule has 2 heterocycles. The summed E-state index contributed by atoms with van der Waals surface area (Å²) >= 11 is 5.66. The van der Waals surface area contributed by atoms with E-state index in [0.29, 0.717) is 5.88 Å². The fourth-order valence-corrected chi connectivity index (χ4v) is 1.68. The molecule has 0 saturated carbocycles. The standard InChI is InChI=1S/C9H13ClN2O/c10-7-8-4-5-12(11-8)9-3-1-2-6-13-9/h4-5,9H,1-3,6-7H2. The zero-order chi connectivity index (χ0) is 9.10.